The van der Waals surface area contributed by atoms with Gasteiger partial charge in [0.2, 0.25) is 0 Å². The van der Waals surface area contributed by atoms with E-state index in [2.05, 4.69) is 10.3 Å². The van der Waals surface area contributed by atoms with Gasteiger partial charge in [0.05, 0.1) is 11.5 Å². The van der Waals surface area contributed by atoms with Crippen LogP contribution in [0.25, 0.3) is 0 Å². The highest BCUT2D eigenvalue weighted by atomic mass is 16.4. The van der Waals surface area contributed by atoms with Crippen LogP contribution in [0.3, 0.4) is 0 Å². The summed E-state index contributed by atoms with van der Waals surface area (Å²) in [5.41, 5.74) is 0.519. The van der Waals surface area contributed by atoms with E-state index in [9.17, 15) is 9.59 Å². The maximum absolute atomic E-state index is 11.7. The number of carbonyl (C=O) groups is 2. The first kappa shape index (κ1) is 14.0. The molecule has 2 unspecified atom stereocenters. The van der Waals surface area contributed by atoms with Crippen LogP contribution in [0.4, 0.5) is 5.82 Å². The average molecular weight is 275 g/mol. The van der Waals surface area contributed by atoms with Crippen molar-refractivity contribution in [3.63, 3.8) is 0 Å². The van der Waals surface area contributed by atoms with Crippen LogP contribution in [0, 0.1) is 5.92 Å². The summed E-state index contributed by atoms with van der Waals surface area (Å²) in [6.07, 6.45) is 5.54. The normalized spacial score (nSPS) is 20.7. The molecule has 1 aromatic heterocycles. The summed E-state index contributed by atoms with van der Waals surface area (Å²) in [6.45, 7) is 0. The maximum atomic E-state index is 11.7. The number of aliphatic carboxylic acids is 1. The number of amides is 1. The van der Waals surface area contributed by atoms with Gasteiger partial charge < -0.3 is 15.3 Å². The molecule has 1 heterocycles. The summed E-state index contributed by atoms with van der Waals surface area (Å²) in [7, 11) is 3.37. The van der Waals surface area contributed by atoms with E-state index in [1.54, 1.807) is 32.3 Å². The molecular formula is C14H17N3O3. The third-order valence-corrected chi connectivity index (χ3v) is 3.15. The summed E-state index contributed by atoms with van der Waals surface area (Å²) >= 11 is 0. The molecule has 1 amide bonds. The Kier molecular flexibility index (Phi) is 4.02. The van der Waals surface area contributed by atoms with Gasteiger partial charge in [0.1, 0.15) is 5.82 Å². The highest BCUT2D eigenvalue weighted by Gasteiger charge is 2.24. The smallest absolute Gasteiger partial charge is 0.310 e. The number of carboxylic acid groups (broad SMARTS) is 1. The van der Waals surface area contributed by atoms with E-state index in [-0.39, 0.29) is 11.9 Å². The molecule has 1 aliphatic carbocycles. The van der Waals surface area contributed by atoms with E-state index >= 15 is 0 Å². The average Bonchev–Trinajstić information content (AvgIpc) is 2.87. The largest absolute Gasteiger partial charge is 0.481 e. The predicted octanol–water partition coefficient (Wildman–Crippen LogP) is 1.22. The SMILES string of the molecule is CN(C)C(=O)c1ccc(NC2C=CC(C(=O)O)C2)nc1. The number of anilines is 1. The van der Waals surface area contributed by atoms with Gasteiger partial charge >= 0.3 is 5.97 Å². The van der Waals surface area contributed by atoms with Gasteiger partial charge in [0, 0.05) is 26.3 Å². The minimum Gasteiger partial charge on any atom is -0.481 e. The van der Waals surface area contributed by atoms with E-state index in [1.165, 1.54) is 11.1 Å². The molecule has 6 nitrogen and oxygen atoms in total. The molecule has 0 aliphatic heterocycles. The molecule has 20 heavy (non-hydrogen) atoms. The third-order valence-electron chi connectivity index (χ3n) is 3.15. The van der Waals surface area contributed by atoms with Gasteiger partial charge in [-0.15, -0.1) is 0 Å². The molecule has 2 rings (SSSR count). The second-order valence-corrected chi connectivity index (χ2v) is 4.95. The van der Waals surface area contributed by atoms with Crippen LogP contribution >= 0.6 is 0 Å². The van der Waals surface area contributed by atoms with Gasteiger partial charge in [0.25, 0.3) is 5.91 Å². The predicted molar refractivity (Wildman–Crippen MR) is 74.5 cm³/mol. The fourth-order valence-electron chi connectivity index (χ4n) is 2.04. The Bertz CT molecular complexity index is 537. The highest BCUT2D eigenvalue weighted by Crippen LogP contribution is 2.21. The number of hydrogen-bond acceptors (Lipinski definition) is 4. The lowest BCUT2D eigenvalue weighted by atomic mass is 10.1. The quantitative estimate of drug-likeness (QED) is 0.807. The van der Waals surface area contributed by atoms with Gasteiger partial charge in [0.15, 0.2) is 0 Å². The van der Waals surface area contributed by atoms with Crippen LogP contribution in [0.5, 0.6) is 0 Å². The Labute approximate surface area is 117 Å². The van der Waals surface area contributed by atoms with Crippen molar-refractivity contribution in [1.82, 2.24) is 9.88 Å². The van der Waals surface area contributed by atoms with E-state index in [0.29, 0.717) is 17.8 Å². The minimum atomic E-state index is -0.814. The lowest BCUT2D eigenvalue weighted by Gasteiger charge is -2.14. The van der Waals surface area contributed by atoms with E-state index in [1.807, 2.05) is 6.08 Å². The van der Waals surface area contributed by atoms with Crippen molar-refractivity contribution in [2.75, 3.05) is 19.4 Å². The van der Waals surface area contributed by atoms with Crippen molar-refractivity contribution in [1.29, 1.82) is 0 Å². The Morgan fingerprint density at radius 1 is 1.35 bits per heavy atom. The number of pyridine rings is 1. The Balaban J connectivity index is 1.97. The molecule has 0 saturated carbocycles. The zero-order valence-electron chi connectivity index (χ0n) is 11.4. The van der Waals surface area contributed by atoms with Gasteiger partial charge in [-0.3, -0.25) is 9.59 Å². The number of aromatic nitrogens is 1. The van der Waals surface area contributed by atoms with E-state index < -0.39 is 11.9 Å². The number of carbonyl (C=O) groups excluding carboxylic acids is 1. The van der Waals surface area contributed by atoms with Crippen LogP contribution in [0.2, 0.25) is 0 Å². The Hall–Kier alpha value is -2.37. The second kappa shape index (κ2) is 5.73. The molecule has 0 aromatic carbocycles. The zero-order chi connectivity index (χ0) is 14.7. The summed E-state index contributed by atoms with van der Waals surface area (Å²) < 4.78 is 0. The molecule has 0 spiro atoms. The fraction of sp³-hybridized carbons (Fsp3) is 0.357. The van der Waals surface area contributed by atoms with Crippen LogP contribution < -0.4 is 5.32 Å². The molecule has 0 bridgehead atoms. The van der Waals surface area contributed by atoms with Crippen molar-refractivity contribution in [2.24, 2.45) is 5.92 Å². The molecule has 6 heteroatoms. The topological polar surface area (TPSA) is 82.5 Å². The fourth-order valence-corrected chi connectivity index (χ4v) is 2.04. The van der Waals surface area contributed by atoms with Crippen molar-refractivity contribution >= 4 is 17.7 Å². The summed E-state index contributed by atoms with van der Waals surface area (Å²) in [5, 5.41) is 12.0. The second-order valence-electron chi connectivity index (χ2n) is 4.95. The molecule has 0 fully saturated rings. The van der Waals surface area contributed by atoms with Gasteiger partial charge in [-0.2, -0.15) is 0 Å². The number of rotatable bonds is 4. The Morgan fingerprint density at radius 3 is 2.60 bits per heavy atom. The van der Waals surface area contributed by atoms with Crippen molar-refractivity contribution in [2.45, 2.75) is 12.5 Å². The van der Waals surface area contributed by atoms with E-state index in [4.69, 9.17) is 5.11 Å². The van der Waals surface area contributed by atoms with Gasteiger partial charge in [-0.1, -0.05) is 12.2 Å². The minimum absolute atomic E-state index is 0.0426. The first-order valence-electron chi connectivity index (χ1n) is 6.32. The number of hydrogen-bond donors (Lipinski definition) is 2. The highest BCUT2D eigenvalue weighted by molar-refractivity contribution is 5.93. The molecule has 2 atom stereocenters. The maximum Gasteiger partial charge on any atom is 0.310 e. The summed E-state index contributed by atoms with van der Waals surface area (Å²) in [6, 6.07) is 3.38. The van der Waals surface area contributed by atoms with Crippen molar-refractivity contribution < 1.29 is 14.7 Å². The molecule has 0 saturated heterocycles. The monoisotopic (exact) mass is 275 g/mol. The summed E-state index contributed by atoms with van der Waals surface area (Å²) in [4.78, 5) is 28.2. The van der Waals surface area contributed by atoms with Gasteiger partial charge in [-0.25, -0.2) is 4.98 Å². The van der Waals surface area contributed by atoms with Crippen molar-refractivity contribution in [3.8, 4) is 0 Å². The van der Waals surface area contributed by atoms with Crippen molar-refractivity contribution in [3.05, 3.63) is 36.0 Å². The van der Waals surface area contributed by atoms with E-state index in [0.717, 1.165) is 0 Å². The first-order chi connectivity index (χ1) is 9.47. The standard InChI is InChI=1S/C14H17N3O3/c1-17(2)13(18)10-4-6-12(15-8-10)16-11-5-3-9(7-11)14(19)20/h3-6,8-9,11H,7H2,1-2H3,(H,15,16)(H,19,20). The number of carboxylic acids is 1. The van der Waals surface area contributed by atoms with Crippen LogP contribution in [0.1, 0.15) is 16.8 Å². The molecule has 0 radical (unpaired) electrons. The molecule has 1 aliphatic rings. The lowest BCUT2D eigenvalue weighted by Crippen LogP contribution is -2.22. The first-order valence-corrected chi connectivity index (χ1v) is 6.32. The Morgan fingerprint density at radius 2 is 2.10 bits per heavy atom. The third kappa shape index (κ3) is 3.14. The van der Waals surface area contributed by atoms with Crippen LogP contribution in [-0.4, -0.2) is 47.0 Å². The van der Waals surface area contributed by atoms with Crippen LogP contribution in [-0.2, 0) is 4.79 Å². The summed E-state index contributed by atoms with van der Waals surface area (Å²) in [5.74, 6) is -0.732. The van der Waals surface area contributed by atoms with Crippen LogP contribution in [0.15, 0.2) is 30.5 Å². The number of nitrogens with zero attached hydrogens (tertiary/aromatic N) is 2. The van der Waals surface area contributed by atoms with Gasteiger partial charge in [-0.05, 0) is 18.6 Å². The molecule has 1 aromatic rings. The molecule has 106 valence electrons. The number of nitrogens with one attached hydrogen (secondary N) is 1. The molecule has 2 N–H and O–H groups in total. The molecular weight excluding hydrogens is 258 g/mol. The lowest BCUT2D eigenvalue weighted by molar-refractivity contribution is -0.140. The zero-order valence-corrected chi connectivity index (χ0v) is 11.4.